The molecule has 1 aromatic heterocycles. The second-order valence-electron chi connectivity index (χ2n) is 4.96. The fourth-order valence-electron chi connectivity index (χ4n) is 2.45. The molecule has 2 heterocycles. The maximum absolute atomic E-state index is 4.57. The normalized spacial score (nSPS) is 18.3. The van der Waals surface area contributed by atoms with Crippen LogP contribution in [0.5, 0.6) is 0 Å². The van der Waals surface area contributed by atoms with Crippen LogP contribution < -0.4 is 0 Å². The molecule has 0 radical (unpaired) electrons. The predicted octanol–water partition coefficient (Wildman–Crippen LogP) is 3.42. The maximum atomic E-state index is 4.57. The first-order valence-electron chi connectivity index (χ1n) is 6.52. The zero-order valence-corrected chi connectivity index (χ0v) is 11.5. The first kappa shape index (κ1) is 12.0. The summed E-state index contributed by atoms with van der Waals surface area (Å²) in [6, 6.07) is 10.6. The van der Waals surface area contributed by atoms with E-state index in [0.717, 1.165) is 5.25 Å². The van der Waals surface area contributed by atoms with E-state index < -0.39 is 0 Å². The smallest absolute Gasteiger partial charge is 0.104 e. The monoisotopic (exact) mass is 258 g/mol. The minimum absolute atomic E-state index is 0.722. The molecule has 1 aliphatic rings. The SMILES string of the molecule is CN1CCC(Sc2nccc3ccccc23)CC1. The summed E-state index contributed by atoms with van der Waals surface area (Å²) in [5, 5.41) is 4.51. The minimum atomic E-state index is 0.722. The molecule has 3 heteroatoms. The highest BCUT2D eigenvalue weighted by Gasteiger charge is 2.18. The van der Waals surface area contributed by atoms with Crippen molar-refractivity contribution in [2.45, 2.75) is 23.1 Å². The van der Waals surface area contributed by atoms with E-state index in [2.05, 4.69) is 47.3 Å². The van der Waals surface area contributed by atoms with Crippen molar-refractivity contribution in [3.63, 3.8) is 0 Å². The van der Waals surface area contributed by atoms with Crippen molar-refractivity contribution >= 4 is 22.5 Å². The average molecular weight is 258 g/mol. The summed E-state index contributed by atoms with van der Waals surface area (Å²) in [6.07, 6.45) is 4.47. The van der Waals surface area contributed by atoms with Crippen LogP contribution in [0, 0.1) is 0 Å². The van der Waals surface area contributed by atoms with Crippen molar-refractivity contribution in [3.8, 4) is 0 Å². The number of hydrogen-bond acceptors (Lipinski definition) is 3. The molecule has 1 aliphatic heterocycles. The van der Waals surface area contributed by atoms with Gasteiger partial charge in [-0.25, -0.2) is 4.98 Å². The third-order valence-corrected chi connectivity index (χ3v) is 4.93. The second kappa shape index (κ2) is 5.29. The zero-order chi connectivity index (χ0) is 12.4. The number of benzene rings is 1. The lowest BCUT2D eigenvalue weighted by Crippen LogP contribution is -2.31. The number of fused-ring (bicyclic) bond motifs is 1. The van der Waals surface area contributed by atoms with Crippen molar-refractivity contribution in [2.75, 3.05) is 20.1 Å². The number of thioether (sulfide) groups is 1. The summed E-state index contributed by atoms with van der Waals surface area (Å²) in [7, 11) is 2.21. The molecule has 1 fully saturated rings. The van der Waals surface area contributed by atoms with E-state index in [0.29, 0.717) is 0 Å². The molecule has 0 spiro atoms. The Balaban J connectivity index is 1.82. The summed E-state index contributed by atoms with van der Waals surface area (Å²) in [5.41, 5.74) is 0. The van der Waals surface area contributed by atoms with Gasteiger partial charge in [0.2, 0.25) is 0 Å². The van der Waals surface area contributed by atoms with E-state index in [1.807, 2.05) is 18.0 Å². The van der Waals surface area contributed by atoms with Gasteiger partial charge < -0.3 is 4.90 Å². The Morgan fingerprint density at radius 3 is 2.78 bits per heavy atom. The molecule has 3 rings (SSSR count). The topological polar surface area (TPSA) is 16.1 Å². The summed E-state index contributed by atoms with van der Waals surface area (Å²) in [4.78, 5) is 6.98. The number of aromatic nitrogens is 1. The number of pyridine rings is 1. The van der Waals surface area contributed by atoms with Crippen LogP contribution in [0.2, 0.25) is 0 Å². The van der Waals surface area contributed by atoms with Crippen LogP contribution in [0.25, 0.3) is 10.8 Å². The molecule has 0 N–H and O–H groups in total. The van der Waals surface area contributed by atoms with Crippen LogP contribution >= 0.6 is 11.8 Å². The lowest BCUT2D eigenvalue weighted by atomic mass is 10.1. The Morgan fingerprint density at radius 2 is 1.94 bits per heavy atom. The van der Waals surface area contributed by atoms with Gasteiger partial charge in [-0.3, -0.25) is 0 Å². The van der Waals surface area contributed by atoms with Crippen LogP contribution in [0.1, 0.15) is 12.8 Å². The largest absolute Gasteiger partial charge is 0.306 e. The quantitative estimate of drug-likeness (QED) is 0.821. The number of piperidine rings is 1. The molecule has 0 amide bonds. The average Bonchev–Trinajstić information content (AvgIpc) is 2.42. The van der Waals surface area contributed by atoms with Gasteiger partial charge >= 0.3 is 0 Å². The fourth-order valence-corrected chi connectivity index (χ4v) is 3.64. The third kappa shape index (κ3) is 2.52. The van der Waals surface area contributed by atoms with Crippen molar-refractivity contribution < 1.29 is 0 Å². The van der Waals surface area contributed by atoms with Crippen LogP contribution in [-0.2, 0) is 0 Å². The van der Waals surface area contributed by atoms with E-state index in [1.165, 1.54) is 41.7 Å². The Hall–Kier alpha value is -1.06. The number of nitrogens with zero attached hydrogens (tertiary/aromatic N) is 2. The molecule has 1 aromatic carbocycles. The van der Waals surface area contributed by atoms with Crippen molar-refractivity contribution in [1.29, 1.82) is 0 Å². The third-order valence-electron chi connectivity index (χ3n) is 3.58. The molecule has 0 atom stereocenters. The van der Waals surface area contributed by atoms with Crippen molar-refractivity contribution in [3.05, 3.63) is 36.5 Å². The maximum Gasteiger partial charge on any atom is 0.104 e. The van der Waals surface area contributed by atoms with Gasteiger partial charge in [-0.15, -0.1) is 11.8 Å². The number of hydrogen-bond donors (Lipinski definition) is 0. The summed E-state index contributed by atoms with van der Waals surface area (Å²) in [6.45, 7) is 2.42. The highest BCUT2D eigenvalue weighted by atomic mass is 32.2. The molecule has 0 saturated carbocycles. The summed E-state index contributed by atoms with van der Waals surface area (Å²) < 4.78 is 0. The Labute approximate surface area is 112 Å². The fraction of sp³-hybridized carbons (Fsp3) is 0.400. The van der Waals surface area contributed by atoms with E-state index in [9.17, 15) is 0 Å². The van der Waals surface area contributed by atoms with Gasteiger partial charge in [0.1, 0.15) is 5.03 Å². The molecular formula is C15H18N2S. The summed E-state index contributed by atoms with van der Waals surface area (Å²) >= 11 is 1.96. The van der Waals surface area contributed by atoms with E-state index >= 15 is 0 Å². The predicted molar refractivity (Wildman–Crippen MR) is 78.1 cm³/mol. The van der Waals surface area contributed by atoms with Crippen molar-refractivity contribution in [2.24, 2.45) is 0 Å². The lowest BCUT2D eigenvalue weighted by Gasteiger charge is -2.28. The Kier molecular flexibility index (Phi) is 3.52. The Bertz CT molecular complexity index is 528. The number of rotatable bonds is 2. The highest BCUT2D eigenvalue weighted by molar-refractivity contribution is 8.00. The standard InChI is InChI=1S/C15H18N2S/c1-17-10-7-13(8-11-17)18-15-14-5-3-2-4-12(14)6-9-16-15/h2-6,9,13H,7-8,10-11H2,1H3. The van der Waals surface area contributed by atoms with Gasteiger partial charge in [0.25, 0.3) is 0 Å². The zero-order valence-electron chi connectivity index (χ0n) is 10.7. The summed E-state index contributed by atoms with van der Waals surface area (Å²) in [5.74, 6) is 0. The van der Waals surface area contributed by atoms with Crippen LogP contribution in [-0.4, -0.2) is 35.3 Å². The van der Waals surface area contributed by atoms with E-state index in [1.54, 1.807) is 0 Å². The second-order valence-corrected chi connectivity index (χ2v) is 6.25. The van der Waals surface area contributed by atoms with Gasteiger partial charge in [-0.05, 0) is 44.4 Å². The van der Waals surface area contributed by atoms with Crippen LogP contribution in [0.3, 0.4) is 0 Å². The molecular weight excluding hydrogens is 240 g/mol. The molecule has 0 unspecified atom stereocenters. The molecule has 94 valence electrons. The number of likely N-dealkylation sites (tertiary alicyclic amines) is 1. The molecule has 0 bridgehead atoms. The van der Waals surface area contributed by atoms with Gasteiger partial charge in [0.15, 0.2) is 0 Å². The van der Waals surface area contributed by atoms with E-state index in [4.69, 9.17) is 0 Å². The van der Waals surface area contributed by atoms with E-state index in [-0.39, 0.29) is 0 Å². The lowest BCUT2D eigenvalue weighted by molar-refractivity contribution is 0.282. The van der Waals surface area contributed by atoms with Gasteiger partial charge in [-0.1, -0.05) is 24.3 Å². The highest BCUT2D eigenvalue weighted by Crippen LogP contribution is 2.32. The first-order valence-corrected chi connectivity index (χ1v) is 7.40. The molecule has 18 heavy (non-hydrogen) atoms. The first-order chi connectivity index (χ1) is 8.83. The van der Waals surface area contributed by atoms with Crippen LogP contribution in [0.15, 0.2) is 41.6 Å². The molecule has 2 nitrogen and oxygen atoms in total. The van der Waals surface area contributed by atoms with Crippen molar-refractivity contribution in [1.82, 2.24) is 9.88 Å². The Morgan fingerprint density at radius 1 is 1.17 bits per heavy atom. The molecule has 0 aliphatic carbocycles. The van der Waals surface area contributed by atoms with Gasteiger partial charge in [0, 0.05) is 16.8 Å². The molecule has 2 aromatic rings. The van der Waals surface area contributed by atoms with Gasteiger partial charge in [0.05, 0.1) is 0 Å². The van der Waals surface area contributed by atoms with Gasteiger partial charge in [-0.2, -0.15) is 0 Å². The molecule has 1 saturated heterocycles. The minimum Gasteiger partial charge on any atom is -0.306 e. The van der Waals surface area contributed by atoms with Crippen LogP contribution in [0.4, 0.5) is 0 Å².